The lowest BCUT2D eigenvalue weighted by Gasteiger charge is -2.26. The Morgan fingerprint density at radius 2 is 2.04 bits per heavy atom. The van der Waals surface area contributed by atoms with Gasteiger partial charge in [0, 0.05) is 43.0 Å². The summed E-state index contributed by atoms with van der Waals surface area (Å²) in [6.07, 6.45) is 7.30. The number of pyridine rings is 1. The van der Waals surface area contributed by atoms with Gasteiger partial charge >= 0.3 is 0 Å². The number of benzene rings is 1. The number of nitrogens with zero attached hydrogens (tertiary/aromatic N) is 2. The van der Waals surface area contributed by atoms with Crippen molar-refractivity contribution in [3.8, 4) is 5.75 Å². The van der Waals surface area contributed by atoms with E-state index in [2.05, 4.69) is 33.2 Å². The molecular weight excluding hydrogens is 298 g/mol. The molecular formula is C20H21N3O. The van der Waals surface area contributed by atoms with Crippen molar-refractivity contribution in [2.75, 3.05) is 26.2 Å². The van der Waals surface area contributed by atoms with E-state index in [1.165, 1.54) is 16.5 Å². The second-order valence-corrected chi connectivity index (χ2v) is 6.04. The maximum atomic E-state index is 5.79. The van der Waals surface area contributed by atoms with Gasteiger partial charge in [0.2, 0.25) is 0 Å². The minimum Gasteiger partial charge on any atom is -0.492 e. The fourth-order valence-electron chi connectivity index (χ4n) is 3.19. The summed E-state index contributed by atoms with van der Waals surface area (Å²) in [6.45, 7) is 3.72. The van der Waals surface area contributed by atoms with Crippen LogP contribution in [-0.2, 0) is 0 Å². The van der Waals surface area contributed by atoms with E-state index in [-0.39, 0.29) is 0 Å². The van der Waals surface area contributed by atoms with Crippen molar-refractivity contribution in [3.63, 3.8) is 0 Å². The van der Waals surface area contributed by atoms with Crippen LogP contribution < -0.4 is 4.74 Å². The number of nitrogens with one attached hydrogen (secondary N) is 1. The maximum absolute atomic E-state index is 5.79. The molecule has 0 aliphatic carbocycles. The van der Waals surface area contributed by atoms with E-state index in [9.17, 15) is 0 Å². The average molecular weight is 319 g/mol. The first-order chi connectivity index (χ1) is 11.9. The Labute approximate surface area is 141 Å². The van der Waals surface area contributed by atoms with Crippen LogP contribution in [0.15, 0.2) is 60.9 Å². The molecule has 1 aromatic carbocycles. The molecule has 1 N–H and O–H groups in total. The molecule has 4 rings (SSSR count). The summed E-state index contributed by atoms with van der Waals surface area (Å²) >= 11 is 0. The molecule has 0 saturated carbocycles. The van der Waals surface area contributed by atoms with E-state index in [1.807, 2.05) is 42.6 Å². The lowest BCUT2D eigenvalue weighted by molar-refractivity contribution is 0.222. The van der Waals surface area contributed by atoms with Crippen molar-refractivity contribution < 1.29 is 4.74 Å². The van der Waals surface area contributed by atoms with Gasteiger partial charge in [-0.2, -0.15) is 0 Å². The lowest BCUT2D eigenvalue weighted by Crippen LogP contribution is -2.32. The van der Waals surface area contributed by atoms with Crippen LogP contribution in [0, 0.1) is 0 Å². The predicted molar refractivity (Wildman–Crippen MR) is 97.1 cm³/mol. The molecule has 0 spiro atoms. The standard InChI is InChI=1S/C20H21N3O/c1-2-5-17(6-3-1)24-14-13-23-11-8-16(9-12-23)19-15-22-20-18(19)7-4-10-21-20/h1-8,10,15H,9,11-14H2,(H,21,22). The van der Waals surface area contributed by atoms with E-state index in [4.69, 9.17) is 4.74 Å². The second kappa shape index (κ2) is 6.89. The van der Waals surface area contributed by atoms with Crippen LogP contribution in [0.4, 0.5) is 0 Å². The molecule has 0 unspecified atom stereocenters. The van der Waals surface area contributed by atoms with E-state index >= 15 is 0 Å². The van der Waals surface area contributed by atoms with Crippen LogP contribution in [0.5, 0.6) is 5.75 Å². The highest BCUT2D eigenvalue weighted by Gasteiger charge is 2.15. The number of rotatable bonds is 5. The monoisotopic (exact) mass is 319 g/mol. The fraction of sp³-hybridized carbons (Fsp3) is 0.250. The van der Waals surface area contributed by atoms with Gasteiger partial charge in [-0.25, -0.2) is 4.98 Å². The summed E-state index contributed by atoms with van der Waals surface area (Å²) in [4.78, 5) is 10.1. The van der Waals surface area contributed by atoms with Gasteiger partial charge in [0.05, 0.1) is 0 Å². The normalized spacial score (nSPS) is 15.4. The zero-order chi connectivity index (χ0) is 16.2. The van der Waals surface area contributed by atoms with Gasteiger partial charge in [-0.3, -0.25) is 4.90 Å². The smallest absolute Gasteiger partial charge is 0.137 e. The molecule has 1 aliphatic rings. The van der Waals surface area contributed by atoms with E-state index in [0.717, 1.165) is 44.1 Å². The van der Waals surface area contributed by atoms with Gasteiger partial charge in [0.15, 0.2) is 0 Å². The van der Waals surface area contributed by atoms with Crippen molar-refractivity contribution in [2.45, 2.75) is 6.42 Å². The van der Waals surface area contributed by atoms with Crippen molar-refractivity contribution in [1.29, 1.82) is 0 Å². The third kappa shape index (κ3) is 3.19. The second-order valence-electron chi connectivity index (χ2n) is 6.04. The Balaban J connectivity index is 1.35. The minimum atomic E-state index is 0.726. The first kappa shape index (κ1) is 15.0. The molecule has 0 bridgehead atoms. The van der Waals surface area contributed by atoms with Gasteiger partial charge in [0.25, 0.3) is 0 Å². The highest BCUT2D eigenvalue weighted by Crippen LogP contribution is 2.28. The van der Waals surface area contributed by atoms with E-state index < -0.39 is 0 Å². The van der Waals surface area contributed by atoms with Crippen LogP contribution in [0.25, 0.3) is 16.6 Å². The van der Waals surface area contributed by atoms with E-state index in [0.29, 0.717) is 0 Å². The average Bonchev–Trinajstić information content (AvgIpc) is 3.07. The molecule has 0 fully saturated rings. The molecule has 2 aromatic heterocycles. The van der Waals surface area contributed by atoms with Gasteiger partial charge in [-0.15, -0.1) is 0 Å². The Morgan fingerprint density at radius 1 is 1.12 bits per heavy atom. The van der Waals surface area contributed by atoms with Gasteiger partial charge in [0.1, 0.15) is 18.0 Å². The molecule has 24 heavy (non-hydrogen) atoms. The van der Waals surface area contributed by atoms with Crippen LogP contribution >= 0.6 is 0 Å². The molecule has 3 aromatic rings. The number of hydrogen-bond donors (Lipinski definition) is 1. The number of ether oxygens (including phenoxy) is 1. The Bertz CT molecular complexity index is 838. The summed E-state index contributed by atoms with van der Waals surface area (Å²) < 4.78 is 5.79. The third-order valence-corrected chi connectivity index (χ3v) is 4.51. The quantitative estimate of drug-likeness (QED) is 0.779. The first-order valence-electron chi connectivity index (χ1n) is 8.42. The summed E-state index contributed by atoms with van der Waals surface area (Å²) in [5, 5.41) is 1.21. The summed E-state index contributed by atoms with van der Waals surface area (Å²) in [7, 11) is 0. The van der Waals surface area contributed by atoms with Crippen LogP contribution in [0.1, 0.15) is 12.0 Å². The zero-order valence-electron chi connectivity index (χ0n) is 13.6. The molecule has 0 atom stereocenters. The van der Waals surface area contributed by atoms with Crippen molar-refractivity contribution in [1.82, 2.24) is 14.9 Å². The van der Waals surface area contributed by atoms with Gasteiger partial charge in [-0.1, -0.05) is 24.3 Å². The van der Waals surface area contributed by atoms with Crippen LogP contribution in [-0.4, -0.2) is 41.1 Å². The molecule has 4 nitrogen and oxygen atoms in total. The molecule has 0 radical (unpaired) electrons. The summed E-state index contributed by atoms with van der Waals surface area (Å²) in [5.41, 5.74) is 3.67. The molecule has 4 heteroatoms. The summed E-state index contributed by atoms with van der Waals surface area (Å²) in [5.74, 6) is 0.942. The van der Waals surface area contributed by atoms with Crippen molar-refractivity contribution in [2.24, 2.45) is 0 Å². The molecule has 122 valence electrons. The predicted octanol–water partition coefficient (Wildman–Crippen LogP) is 3.73. The molecule has 1 aliphatic heterocycles. The van der Waals surface area contributed by atoms with Crippen molar-refractivity contribution in [3.05, 3.63) is 66.5 Å². The van der Waals surface area contributed by atoms with Crippen LogP contribution in [0.3, 0.4) is 0 Å². The maximum Gasteiger partial charge on any atom is 0.137 e. The number of aromatic nitrogens is 2. The topological polar surface area (TPSA) is 41.2 Å². The minimum absolute atomic E-state index is 0.726. The van der Waals surface area contributed by atoms with Crippen molar-refractivity contribution >= 4 is 16.6 Å². The first-order valence-corrected chi connectivity index (χ1v) is 8.42. The Kier molecular flexibility index (Phi) is 4.30. The highest BCUT2D eigenvalue weighted by atomic mass is 16.5. The fourth-order valence-corrected chi connectivity index (χ4v) is 3.19. The number of aromatic amines is 1. The molecule has 3 heterocycles. The number of H-pyrrole nitrogens is 1. The number of para-hydroxylation sites is 1. The zero-order valence-corrected chi connectivity index (χ0v) is 13.6. The SMILES string of the molecule is C1=C(c2c[nH]c3ncccc23)CCN(CCOc2ccccc2)C1. The summed E-state index contributed by atoms with van der Waals surface area (Å²) in [6, 6.07) is 14.1. The number of fused-ring (bicyclic) bond motifs is 1. The van der Waals surface area contributed by atoms with Crippen LogP contribution in [0.2, 0.25) is 0 Å². The molecule has 0 saturated heterocycles. The Morgan fingerprint density at radius 3 is 2.88 bits per heavy atom. The lowest BCUT2D eigenvalue weighted by atomic mass is 10.00. The van der Waals surface area contributed by atoms with Gasteiger partial charge < -0.3 is 9.72 Å². The van der Waals surface area contributed by atoms with Gasteiger partial charge in [-0.05, 0) is 36.3 Å². The van der Waals surface area contributed by atoms with E-state index in [1.54, 1.807) is 0 Å². The Hall–Kier alpha value is -2.59. The number of hydrogen-bond acceptors (Lipinski definition) is 3. The highest BCUT2D eigenvalue weighted by molar-refractivity contribution is 5.90. The molecule has 0 amide bonds. The third-order valence-electron chi connectivity index (χ3n) is 4.51. The largest absolute Gasteiger partial charge is 0.492 e.